The summed E-state index contributed by atoms with van der Waals surface area (Å²) < 4.78 is 7.88. The van der Waals surface area contributed by atoms with Crippen LogP contribution in [0.4, 0.5) is 0 Å². The molecule has 2 aliphatic rings. The van der Waals surface area contributed by atoms with Crippen molar-refractivity contribution < 1.29 is 9.53 Å². The highest BCUT2D eigenvalue weighted by Gasteiger charge is 2.38. The van der Waals surface area contributed by atoms with Gasteiger partial charge in [0.1, 0.15) is 6.04 Å². The van der Waals surface area contributed by atoms with Gasteiger partial charge >= 0.3 is 0 Å². The second-order valence-corrected chi connectivity index (χ2v) is 6.61. The Bertz CT molecular complexity index is 709. The number of nitrogens with zero attached hydrogens (tertiary/aromatic N) is 3. The molecule has 2 aromatic rings. The van der Waals surface area contributed by atoms with Gasteiger partial charge in [-0.1, -0.05) is 25.0 Å². The quantitative estimate of drug-likeness (QED) is 0.856. The summed E-state index contributed by atoms with van der Waals surface area (Å²) in [6, 6.07) is 7.99. The SMILES string of the molecule is C[C@H](C(=O)N1CCO[C@H]2CCCC[C@H]21)n1cnc2ccccc21. The number of benzene rings is 1. The molecular weight excluding hydrogens is 290 g/mol. The van der Waals surface area contributed by atoms with Crippen molar-refractivity contribution in [1.29, 1.82) is 0 Å². The summed E-state index contributed by atoms with van der Waals surface area (Å²) in [5, 5.41) is 0. The van der Waals surface area contributed by atoms with E-state index in [-0.39, 0.29) is 24.1 Å². The highest BCUT2D eigenvalue weighted by molar-refractivity contribution is 5.84. The minimum absolute atomic E-state index is 0.188. The molecule has 1 aliphatic heterocycles. The lowest BCUT2D eigenvalue weighted by molar-refractivity contribution is -0.152. The van der Waals surface area contributed by atoms with Crippen LogP contribution in [0.15, 0.2) is 30.6 Å². The van der Waals surface area contributed by atoms with Crippen LogP contribution in [0.1, 0.15) is 38.6 Å². The number of rotatable bonds is 2. The normalized spacial score (nSPS) is 26.0. The van der Waals surface area contributed by atoms with Crippen molar-refractivity contribution in [3.63, 3.8) is 0 Å². The molecule has 1 aliphatic carbocycles. The zero-order valence-corrected chi connectivity index (χ0v) is 13.5. The fourth-order valence-corrected chi connectivity index (χ4v) is 4.02. The van der Waals surface area contributed by atoms with E-state index in [1.54, 1.807) is 6.33 Å². The number of fused-ring (bicyclic) bond motifs is 2. The molecule has 5 heteroatoms. The minimum atomic E-state index is -0.233. The topological polar surface area (TPSA) is 47.4 Å². The third kappa shape index (κ3) is 2.53. The summed E-state index contributed by atoms with van der Waals surface area (Å²) in [6.07, 6.45) is 6.56. The van der Waals surface area contributed by atoms with Crippen LogP contribution in [0.2, 0.25) is 0 Å². The van der Waals surface area contributed by atoms with Gasteiger partial charge in [-0.15, -0.1) is 0 Å². The first-order valence-corrected chi connectivity index (χ1v) is 8.59. The fourth-order valence-electron chi connectivity index (χ4n) is 4.02. The van der Waals surface area contributed by atoms with Crippen LogP contribution in [0.5, 0.6) is 0 Å². The Hall–Kier alpha value is -1.88. The molecule has 4 rings (SSSR count). The van der Waals surface area contributed by atoms with Gasteiger partial charge in [-0.25, -0.2) is 4.98 Å². The van der Waals surface area contributed by atoms with Crippen LogP contribution < -0.4 is 0 Å². The Morgan fingerprint density at radius 1 is 1.30 bits per heavy atom. The molecule has 0 N–H and O–H groups in total. The maximum Gasteiger partial charge on any atom is 0.245 e. The van der Waals surface area contributed by atoms with Gasteiger partial charge < -0.3 is 14.2 Å². The monoisotopic (exact) mass is 313 g/mol. The van der Waals surface area contributed by atoms with Gasteiger partial charge in [0.05, 0.1) is 36.1 Å². The maximum absolute atomic E-state index is 13.1. The van der Waals surface area contributed by atoms with Crippen LogP contribution in [0.25, 0.3) is 11.0 Å². The van der Waals surface area contributed by atoms with E-state index in [1.165, 1.54) is 12.8 Å². The summed E-state index contributed by atoms with van der Waals surface area (Å²) in [7, 11) is 0. The Kier molecular flexibility index (Phi) is 3.81. The van der Waals surface area contributed by atoms with Crippen molar-refractivity contribution >= 4 is 16.9 Å². The first kappa shape index (κ1) is 14.7. The van der Waals surface area contributed by atoms with E-state index < -0.39 is 0 Å². The average molecular weight is 313 g/mol. The highest BCUT2D eigenvalue weighted by Crippen LogP contribution is 2.30. The Balaban J connectivity index is 1.60. The number of amides is 1. The summed E-state index contributed by atoms with van der Waals surface area (Å²) in [5.74, 6) is 0.188. The molecule has 0 unspecified atom stereocenters. The van der Waals surface area contributed by atoms with Crippen LogP contribution >= 0.6 is 0 Å². The van der Waals surface area contributed by atoms with E-state index in [1.807, 2.05) is 35.8 Å². The number of aromatic nitrogens is 2. The molecule has 23 heavy (non-hydrogen) atoms. The second kappa shape index (κ2) is 5.96. The molecule has 2 heterocycles. The number of morpholine rings is 1. The number of ether oxygens (including phenoxy) is 1. The first-order valence-electron chi connectivity index (χ1n) is 8.59. The van der Waals surface area contributed by atoms with Crippen LogP contribution in [0, 0.1) is 0 Å². The lowest BCUT2D eigenvalue weighted by Crippen LogP contribution is -2.56. The number of hydrogen-bond acceptors (Lipinski definition) is 3. The largest absolute Gasteiger partial charge is 0.374 e. The lowest BCUT2D eigenvalue weighted by atomic mass is 9.90. The Morgan fingerprint density at radius 2 is 2.13 bits per heavy atom. The van der Waals surface area contributed by atoms with Gasteiger partial charge in [0.15, 0.2) is 0 Å². The fraction of sp³-hybridized carbons (Fsp3) is 0.556. The summed E-state index contributed by atoms with van der Waals surface area (Å²) in [6.45, 7) is 3.34. The number of hydrogen-bond donors (Lipinski definition) is 0. The van der Waals surface area contributed by atoms with Gasteiger partial charge in [0.25, 0.3) is 0 Å². The van der Waals surface area contributed by atoms with Gasteiger partial charge in [-0.2, -0.15) is 0 Å². The predicted octanol–water partition coefficient (Wildman–Crippen LogP) is 2.77. The molecule has 122 valence electrons. The second-order valence-electron chi connectivity index (χ2n) is 6.61. The third-order valence-electron chi connectivity index (χ3n) is 5.27. The van der Waals surface area contributed by atoms with Gasteiger partial charge in [-0.05, 0) is 31.9 Å². The van der Waals surface area contributed by atoms with Crippen LogP contribution in [-0.2, 0) is 9.53 Å². The molecule has 0 bridgehead atoms. The van der Waals surface area contributed by atoms with Crippen LogP contribution in [-0.4, -0.2) is 45.7 Å². The molecule has 1 amide bonds. The molecule has 5 nitrogen and oxygen atoms in total. The molecular formula is C18H23N3O2. The number of para-hydroxylation sites is 2. The number of carbonyl (C=O) groups is 1. The Labute approximate surface area is 136 Å². The standard InChI is InChI=1S/C18H23N3O2/c1-13(21-12-19-14-6-2-3-7-15(14)21)18(22)20-10-11-23-17-9-5-4-8-16(17)20/h2-3,6-7,12-13,16-17H,4-5,8-11H2,1H3/t13-,16-,17+/m1/s1. The van der Waals surface area contributed by atoms with Crippen molar-refractivity contribution in [2.24, 2.45) is 0 Å². The van der Waals surface area contributed by atoms with E-state index in [0.29, 0.717) is 13.2 Å². The number of carbonyl (C=O) groups excluding carboxylic acids is 1. The van der Waals surface area contributed by atoms with Gasteiger partial charge in [0, 0.05) is 6.54 Å². The molecule has 2 fully saturated rings. The van der Waals surface area contributed by atoms with Crippen molar-refractivity contribution in [3.8, 4) is 0 Å². The first-order chi connectivity index (χ1) is 11.3. The highest BCUT2D eigenvalue weighted by atomic mass is 16.5. The zero-order valence-electron chi connectivity index (χ0n) is 13.5. The zero-order chi connectivity index (χ0) is 15.8. The molecule has 1 saturated carbocycles. The average Bonchev–Trinajstić information content (AvgIpc) is 3.04. The molecule has 0 spiro atoms. The lowest BCUT2D eigenvalue weighted by Gasteiger charge is -2.44. The summed E-state index contributed by atoms with van der Waals surface area (Å²) >= 11 is 0. The van der Waals surface area contributed by atoms with Crippen molar-refractivity contribution in [2.75, 3.05) is 13.2 Å². The smallest absolute Gasteiger partial charge is 0.245 e. The van der Waals surface area contributed by atoms with E-state index in [9.17, 15) is 4.79 Å². The Morgan fingerprint density at radius 3 is 3.04 bits per heavy atom. The predicted molar refractivity (Wildman–Crippen MR) is 88.2 cm³/mol. The van der Waals surface area contributed by atoms with Crippen molar-refractivity contribution in [1.82, 2.24) is 14.5 Å². The molecule has 3 atom stereocenters. The molecule has 1 saturated heterocycles. The van der Waals surface area contributed by atoms with E-state index in [4.69, 9.17) is 4.74 Å². The third-order valence-corrected chi connectivity index (χ3v) is 5.27. The summed E-state index contributed by atoms with van der Waals surface area (Å²) in [5.41, 5.74) is 1.95. The minimum Gasteiger partial charge on any atom is -0.374 e. The van der Waals surface area contributed by atoms with Gasteiger partial charge in [0.2, 0.25) is 5.91 Å². The van der Waals surface area contributed by atoms with E-state index >= 15 is 0 Å². The van der Waals surface area contributed by atoms with Crippen LogP contribution in [0.3, 0.4) is 0 Å². The number of imidazole rings is 1. The van der Waals surface area contributed by atoms with E-state index in [2.05, 4.69) is 9.88 Å². The van der Waals surface area contributed by atoms with Crippen molar-refractivity contribution in [2.45, 2.75) is 50.8 Å². The van der Waals surface area contributed by atoms with E-state index in [0.717, 1.165) is 23.9 Å². The van der Waals surface area contributed by atoms with Gasteiger partial charge in [-0.3, -0.25) is 4.79 Å². The summed E-state index contributed by atoms with van der Waals surface area (Å²) in [4.78, 5) is 19.6. The molecule has 1 aromatic carbocycles. The molecule has 1 aromatic heterocycles. The molecule has 0 radical (unpaired) electrons. The van der Waals surface area contributed by atoms with Crippen molar-refractivity contribution in [3.05, 3.63) is 30.6 Å². The maximum atomic E-state index is 13.1.